The molecule has 1 rings (SSSR count). The minimum atomic E-state index is -0.148. The van der Waals surface area contributed by atoms with E-state index in [-0.39, 0.29) is 6.29 Å². The highest BCUT2D eigenvalue weighted by Gasteiger charge is 2.27. The second kappa shape index (κ2) is 8.07. The number of rotatable bonds is 7. The number of methoxy groups -OCH3 is 2. The van der Waals surface area contributed by atoms with Gasteiger partial charge in [-0.25, -0.2) is 0 Å². The van der Waals surface area contributed by atoms with Gasteiger partial charge in [0.25, 0.3) is 0 Å². The van der Waals surface area contributed by atoms with Crippen molar-refractivity contribution >= 4 is 0 Å². The average molecular weight is 259 g/mol. The predicted molar refractivity (Wildman–Crippen MR) is 73.5 cm³/mol. The smallest absolute Gasteiger partial charge is 0.158 e. The van der Waals surface area contributed by atoms with Crippen LogP contribution in [0, 0.1) is 0 Å². The summed E-state index contributed by atoms with van der Waals surface area (Å²) in [6.07, 6.45) is 3.13. The van der Waals surface area contributed by atoms with Crippen LogP contribution in [-0.2, 0) is 9.47 Å². The van der Waals surface area contributed by atoms with E-state index in [0.29, 0.717) is 18.6 Å². The van der Waals surface area contributed by atoms with Crippen molar-refractivity contribution < 1.29 is 9.47 Å². The standard InChI is InChI=1S/C13H29N3O2/c1-15(2)11-5-7-16(8-6-11)12(10-14)9-13(17-3)18-4/h11-13H,5-10,14H2,1-4H3. The molecule has 1 heterocycles. The summed E-state index contributed by atoms with van der Waals surface area (Å²) in [5.74, 6) is 0. The molecule has 2 N–H and O–H groups in total. The molecule has 1 unspecified atom stereocenters. The van der Waals surface area contributed by atoms with Gasteiger partial charge in [-0.1, -0.05) is 0 Å². The van der Waals surface area contributed by atoms with Crippen molar-refractivity contribution in [3.05, 3.63) is 0 Å². The van der Waals surface area contributed by atoms with Crippen LogP contribution in [0.4, 0.5) is 0 Å². The summed E-state index contributed by atoms with van der Waals surface area (Å²) in [6, 6.07) is 1.07. The van der Waals surface area contributed by atoms with Crippen LogP contribution in [0.15, 0.2) is 0 Å². The lowest BCUT2D eigenvalue weighted by molar-refractivity contribution is -0.117. The third kappa shape index (κ3) is 4.48. The Kier molecular flexibility index (Phi) is 7.11. The van der Waals surface area contributed by atoms with Crippen LogP contribution in [0.2, 0.25) is 0 Å². The molecular formula is C13H29N3O2. The molecule has 0 bridgehead atoms. The average Bonchev–Trinajstić information content (AvgIpc) is 2.40. The van der Waals surface area contributed by atoms with Crippen LogP contribution in [0.1, 0.15) is 19.3 Å². The van der Waals surface area contributed by atoms with E-state index in [0.717, 1.165) is 19.5 Å². The molecule has 0 spiro atoms. The van der Waals surface area contributed by atoms with Crippen molar-refractivity contribution in [3.63, 3.8) is 0 Å². The Morgan fingerprint density at radius 1 is 1.22 bits per heavy atom. The molecule has 0 aromatic heterocycles. The van der Waals surface area contributed by atoms with E-state index in [1.165, 1.54) is 12.8 Å². The Hall–Kier alpha value is -0.200. The van der Waals surface area contributed by atoms with Crippen molar-refractivity contribution in [3.8, 4) is 0 Å². The topological polar surface area (TPSA) is 51.0 Å². The Bertz CT molecular complexity index is 214. The van der Waals surface area contributed by atoms with Crippen molar-refractivity contribution in [2.75, 3.05) is 47.9 Å². The summed E-state index contributed by atoms with van der Waals surface area (Å²) in [5.41, 5.74) is 5.89. The minimum Gasteiger partial charge on any atom is -0.356 e. The highest BCUT2D eigenvalue weighted by atomic mass is 16.7. The first kappa shape index (κ1) is 15.9. The molecule has 0 aromatic rings. The Balaban J connectivity index is 2.42. The van der Waals surface area contributed by atoms with Gasteiger partial charge in [0.05, 0.1) is 0 Å². The van der Waals surface area contributed by atoms with Crippen LogP contribution in [0.5, 0.6) is 0 Å². The van der Waals surface area contributed by atoms with Gasteiger partial charge in [-0.3, -0.25) is 4.90 Å². The fourth-order valence-corrected chi connectivity index (χ4v) is 2.67. The van der Waals surface area contributed by atoms with Gasteiger partial charge in [-0.05, 0) is 40.0 Å². The first-order chi connectivity index (χ1) is 8.62. The monoisotopic (exact) mass is 259 g/mol. The fourth-order valence-electron chi connectivity index (χ4n) is 2.67. The Labute approximate surface area is 111 Å². The van der Waals surface area contributed by atoms with Crippen LogP contribution in [0.25, 0.3) is 0 Å². The second-order valence-electron chi connectivity index (χ2n) is 5.26. The van der Waals surface area contributed by atoms with Crippen molar-refractivity contribution in [1.29, 1.82) is 0 Å². The normalized spacial score (nSPS) is 20.8. The van der Waals surface area contributed by atoms with E-state index in [1.54, 1.807) is 14.2 Å². The predicted octanol–water partition coefficient (Wildman–Crippen LogP) is 0.349. The quantitative estimate of drug-likeness (QED) is 0.669. The lowest BCUT2D eigenvalue weighted by atomic mass is 10.0. The number of hydrogen-bond acceptors (Lipinski definition) is 5. The zero-order valence-electron chi connectivity index (χ0n) is 12.3. The van der Waals surface area contributed by atoms with E-state index in [4.69, 9.17) is 15.2 Å². The molecule has 1 aliphatic rings. The summed E-state index contributed by atoms with van der Waals surface area (Å²) < 4.78 is 10.5. The van der Waals surface area contributed by atoms with Crippen LogP contribution in [0.3, 0.4) is 0 Å². The highest BCUT2D eigenvalue weighted by Crippen LogP contribution is 2.18. The van der Waals surface area contributed by atoms with Crippen molar-refractivity contribution in [1.82, 2.24) is 9.80 Å². The van der Waals surface area contributed by atoms with Crippen LogP contribution < -0.4 is 5.73 Å². The van der Waals surface area contributed by atoms with E-state index in [1.807, 2.05) is 0 Å². The Morgan fingerprint density at radius 2 is 1.78 bits per heavy atom. The molecule has 0 saturated carbocycles. The maximum Gasteiger partial charge on any atom is 0.158 e. The largest absolute Gasteiger partial charge is 0.356 e. The minimum absolute atomic E-state index is 0.148. The molecule has 1 atom stereocenters. The number of piperidine rings is 1. The molecule has 0 aromatic carbocycles. The maximum atomic E-state index is 5.89. The van der Waals surface area contributed by atoms with Gasteiger partial charge in [-0.15, -0.1) is 0 Å². The van der Waals surface area contributed by atoms with Gasteiger partial charge >= 0.3 is 0 Å². The number of ether oxygens (including phenoxy) is 2. The fraction of sp³-hybridized carbons (Fsp3) is 1.00. The van der Waals surface area contributed by atoms with Crippen molar-refractivity contribution in [2.24, 2.45) is 5.73 Å². The summed E-state index contributed by atoms with van der Waals surface area (Å²) in [4.78, 5) is 4.80. The number of hydrogen-bond donors (Lipinski definition) is 1. The molecule has 1 saturated heterocycles. The lowest BCUT2D eigenvalue weighted by Gasteiger charge is -2.39. The molecule has 0 radical (unpaired) electrons. The molecule has 5 heteroatoms. The summed E-state index contributed by atoms with van der Waals surface area (Å²) >= 11 is 0. The molecule has 1 aliphatic heterocycles. The molecule has 0 aliphatic carbocycles. The highest BCUT2D eigenvalue weighted by molar-refractivity contribution is 4.82. The zero-order valence-corrected chi connectivity index (χ0v) is 12.3. The summed E-state index contributed by atoms with van der Waals surface area (Å²) in [7, 11) is 7.68. The number of likely N-dealkylation sites (tertiary alicyclic amines) is 1. The Morgan fingerprint density at radius 3 is 2.17 bits per heavy atom. The molecule has 0 amide bonds. The van der Waals surface area contributed by atoms with E-state index >= 15 is 0 Å². The van der Waals surface area contributed by atoms with E-state index in [2.05, 4.69) is 23.9 Å². The van der Waals surface area contributed by atoms with Gasteiger partial charge in [0, 0.05) is 39.3 Å². The van der Waals surface area contributed by atoms with E-state index < -0.39 is 0 Å². The molecular weight excluding hydrogens is 230 g/mol. The van der Waals surface area contributed by atoms with Crippen LogP contribution in [-0.4, -0.2) is 76.1 Å². The molecule has 5 nitrogen and oxygen atoms in total. The molecule has 18 heavy (non-hydrogen) atoms. The summed E-state index contributed by atoms with van der Waals surface area (Å²) in [6.45, 7) is 2.89. The van der Waals surface area contributed by atoms with Gasteiger partial charge < -0.3 is 20.1 Å². The first-order valence-electron chi connectivity index (χ1n) is 6.78. The van der Waals surface area contributed by atoms with Gasteiger partial charge in [0.1, 0.15) is 0 Å². The summed E-state index contributed by atoms with van der Waals surface area (Å²) in [5, 5.41) is 0. The lowest BCUT2D eigenvalue weighted by Crippen LogP contribution is -2.50. The van der Waals surface area contributed by atoms with Gasteiger partial charge in [0.15, 0.2) is 6.29 Å². The third-order valence-electron chi connectivity index (χ3n) is 4.01. The van der Waals surface area contributed by atoms with Crippen LogP contribution >= 0.6 is 0 Å². The first-order valence-corrected chi connectivity index (χ1v) is 6.78. The van der Waals surface area contributed by atoms with Gasteiger partial charge in [-0.2, -0.15) is 0 Å². The third-order valence-corrected chi connectivity index (χ3v) is 4.01. The number of nitrogens with two attached hydrogens (primary N) is 1. The maximum absolute atomic E-state index is 5.89. The van der Waals surface area contributed by atoms with Crippen molar-refractivity contribution in [2.45, 2.75) is 37.6 Å². The molecule has 1 fully saturated rings. The second-order valence-corrected chi connectivity index (χ2v) is 5.26. The molecule has 108 valence electrons. The zero-order chi connectivity index (χ0) is 13.5. The number of nitrogens with zero attached hydrogens (tertiary/aromatic N) is 2. The van der Waals surface area contributed by atoms with Gasteiger partial charge in [0.2, 0.25) is 0 Å². The van der Waals surface area contributed by atoms with E-state index in [9.17, 15) is 0 Å². The SMILES string of the molecule is COC(CC(CN)N1CCC(N(C)C)CC1)OC.